The van der Waals surface area contributed by atoms with Gasteiger partial charge in [-0.05, 0) is 34.1 Å². The Hall–Kier alpha value is -0.120. The standard InChI is InChI=1S/C10H22O3/c1-6-7-10(13,8(2,3)11)9(4,5)12/h11-13H,6-7H2,1-5H3. The average Bonchev–Trinajstić information content (AvgIpc) is 1.82. The Kier molecular flexibility index (Phi) is 3.53. The first-order chi connectivity index (χ1) is 5.56. The highest BCUT2D eigenvalue weighted by atomic mass is 16.4. The van der Waals surface area contributed by atoms with E-state index in [0.29, 0.717) is 12.8 Å². The van der Waals surface area contributed by atoms with Crippen LogP contribution < -0.4 is 0 Å². The van der Waals surface area contributed by atoms with Crippen LogP contribution in [0.5, 0.6) is 0 Å². The van der Waals surface area contributed by atoms with E-state index in [0.717, 1.165) is 0 Å². The zero-order valence-electron chi connectivity index (χ0n) is 9.26. The van der Waals surface area contributed by atoms with E-state index in [2.05, 4.69) is 0 Å². The third kappa shape index (κ3) is 2.42. The molecule has 0 aliphatic carbocycles. The van der Waals surface area contributed by atoms with E-state index in [1.807, 2.05) is 6.92 Å². The summed E-state index contributed by atoms with van der Waals surface area (Å²) in [5.41, 5.74) is -4.07. The summed E-state index contributed by atoms with van der Waals surface area (Å²) in [6, 6.07) is 0. The Labute approximate surface area is 80.4 Å². The van der Waals surface area contributed by atoms with Gasteiger partial charge in [0.2, 0.25) is 0 Å². The molecule has 0 aromatic rings. The van der Waals surface area contributed by atoms with Gasteiger partial charge in [-0.15, -0.1) is 0 Å². The lowest BCUT2D eigenvalue weighted by atomic mass is 9.71. The van der Waals surface area contributed by atoms with Crippen molar-refractivity contribution < 1.29 is 15.3 Å². The molecule has 13 heavy (non-hydrogen) atoms. The van der Waals surface area contributed by atoms with E-state index in [1.165, 1.54) is 27.7 Å². The lowest BCUT2D eigenvalue weighted by Crippen LogP contribution is -2.63. The summed E-state index contributed by atoms with van der Waals surface area (Å²) in [6.45, 7) is 7.96. The van der Waals surface area contributed by atoms with Gasteiger partial charge in [0.05, 0.1) is 11.2 Å². The maximum atomic E-state index is 10.2. The second-order valence-electron chi connectivity index (χ2n) is 4.73. The Morgan fingerprint density at radius 2 is 1.15 bits per heavy atom. The monoisotopic (exact) mass is 190 g/mol. The maximum absolute atomic E-state index is 10.2. The minimum atomic E-state index is -1.46. The van der Waals surface area contributed by atoms with Crippen molar-refractivity contribution >= 4 is 0 Å². The van der Waals surface area contributed by atoms with Crippen LogP contribution in [-0.2, 0) is 0 Å². The molecule has 0 amide bonds. The Bertz CT molecular complexity index is 148. The lowest BCUT2D eigenvalue weighted by molar-refractivity contribution is -0.225. The molecule has 0 aliphatic heterocycles. The van der Waals surface area contributed by atoms with Gasteiger partial charge < -0.3 is 15.3 Å². The van der Waals surface area contributed by atoms with Crippen molar-refractivity contribution in [3.63, 3.8) is 0 Å². The highest BCUT2D eigenvalue weighted by Gasteiger charge is 2.51. The zero-order valence-corrected chi connectivity index (χ0v) is 9.26. The van der Waals surface area contributed by atoms with Crippen molar-refractivity contribution in [3.05, 3.63) is 0 Å². The van der Waals surface area contributed by atoms with Crippen LogP contribution in [0.3, 0.4) is 0 Å². The third-order valence-electron chi connectivity index (χ3n) is 2.64. The fourth-order valence-electron chi connectivity index (χ4n) is 1.72. The molecule has 0 aromatic carbocycles. The molecular weight excluding hydrogens is 168 g/mol. The van der Waals surface area contributed by atoms with E-state index in [4.69, 9.17) is 0 Å². The van der Waals surface area contributed by atoms with Gasteiger partial charge in [0.15, 0.2) is 0 Å². The highest BCUT2D eigenvalue weighted by molar-refractivity contribution is 5.04. The highest BCUT2D eigenvalue weighted by Crippen LogP contribution is 2.36. The summed E-state index contributed by atoms with van der Waals surface area (Å²) in [4.78, 5) is 0. The van der Waals surface area contributed by atoms with E-state index in [9.17, 15) is 15.3 Å². The Balaban J connectivity index is 4.96. The molecule has 0 aliphatic rings. The van der Waals surface area contributed by atoms with Crippen LogP contribution in [0.4, 0.5) is 0 Å². The molecule has 3 nitrogen and oxygen atoms in total. The van der Waals surface area contributed by atoms with Gasteiger partial charge in [0.1, 0.15) is 5.60 Å². The van der Waals surface area contributed by atoms with E-state index in [-0.39, 0.29) is 0 Å². The molecule has 0 atom stereocenters. The molecule has 3 heteroatoms. The van der Waals surface area contributed by atoms with Crippen molar-refractivity contribution in [3.8, 4) is 0 Å². The molecule has 0 rings (SSSR count). The van der Waals surface area contributed by atoms with Gasteiger partial charge in [0, 0.05) is 0 Å². The van der Waals surface area contributed by atoms with E-state index < -0.39 is 16.8 Å². The molecule has 0 saturated carbocycles. The fraction of sp³-hybridized carbons (Fsp3) is 1.00. The molecule has 0 saturated heterocycles. The number of hydrogen-bond donors (Lipinski definition) is 3. The van der Waals surface area contributed by atoms with Gasteiger partial charge in [-0.25, -0.2) is 0 Å². The first-order valence-corrected chi connectivity index (χ1v) is 4.73. The number of hydrogen-bond acceptors (Lipinski definition) is 3. The van der Waals surface area contributed by atoms with Crippen molar-refractivity contribution in [2.75, 3.05) is 0 Å². The second kappa shape index (κ2) is 3.56. The van der Waals surface area contributed by atoms with Crippen molar-refractivity contribution in [2.24, 2.45) is 0 Å². The predicted molar refractivity (Wildman–Crippen MR) is 52.5 cm³/mol. The van der Waals surface area contributed by atoms with Crippen LogP contribution in [0.15, 0.2) is 0 Å². The fourth-order valence-corrected chi connectivity index (χ4v) is 1.72. The second-order valence-corrected chi connectivity index (χ2v) is 4.73. The molecule has 0 spiro atoms. The largest absolute Gasteiger partial charge is 0.387 e. The van der Waals surface area contributed by atoms with Gasteiger partial charge in [-0.2, -0.15) is 0 Å². The third-order valence-corrected chi connectivity index (χ3v) is 2.64. The normalized spacial score (nSPS) is 14.8. The quantitative estimate of drug-likeness (QED) is 0.621. The SMILES string of the molecule is CCCC(O)(C(C)(C)O)C(C)(C)O. The smallest absolute Gasteiger partial charge is 0.121 e. The molecule has 0 bridgehead atoms. The van der Waals surface area contributed by atoms with Crippen LogP contribution in [0, 0.1) is 0 Å². The molecular formula is C10H22O3. The van der Waals surface area contributed by atoms with Crippen molar-refractivity contribution in [2.45, 2.75) is 64.3 Å². The lowest BCUT2D eigenvalue weighted by Gasteiger charge is -2.47. The van der Waals surface area contributed by atoms with Crippen LogP contribution in [0.2, 0.25) is 0 Å². The van der Waals surface area contributed by atoms with Crippen molar-refractivity contribution in [1.82, 2.24) is 0 Å². The van der Waals surface area contributed by atoms with Gasteiger partial charge in [0.25, 0.3) is 0 Å². The molecule has 80 valence electrons. The predicted octanol–water partition coefficient (Wildman–Crippen LogP) is 1.06. The first-order valence-electron chi connectivity index (χ1n) is 4.73. The molecule has 0 fully saturated rings. The topological polar surface area (TPSA) is 60.7 Å². The minimum Gasteiger partial charge on any atom is -0.387 e. The van der Waals surface area contributed by atoms with Gasteiger partial charge in [-0.3, -0.25) is 0 Å². The first kappa shape index (κ1) is 12.9. The molecule has 0 unspecified atom stereocenters. The Morgan fingerprint density at radius 1 is 0.846 bits per heavy atom. The zero-order chi connectivity index (χ0) is 10.9. The van der Waals surface area contributed by atoms with Gasteiger partial charge >= 0.3 is 0 Å². The average molecular weight is 190 g/mol. The Morgan fingerprint density at radius 3 is 1.23 bits per heavy atom. The summed E-state index contributed by atoms with van der Waals surface area (Å²) >= 11 is 0. The van der Waals surface area contributed by atoms with Crippen LogP contribution in [0.1, 0.15) is 47.5 Å². The van der Waals surface area contributed by atoms with E-state index >= 15 is 0 Å². The summed E-state index contributed by atoms with van der Waals surface area (Å²) < 4.78 is 0. The molecule has 0 aromatic heterocycles. The summed E-state index contributed by atoms with van der Waals surface area (Å²) in [5, 5.41) is 29.8. The summed E-state index contributed by atoms with van der Waals surface area (Å²) in [5.74, 6) is 0. The summed E-state index contributed by atoms with van der Waals surface area (Å²) in [7, 11) is 0. The minimum absolute atomic E-state index is 0.375. The number of rotatable bonds is 4. The van der Waals surface area contributed by atoms with Crippen LogP contribution in [0.25, 0.3) is 0 Å². The number of aliphatic hydroxyl groups is 3. The molecule has 3 N–H and O–H groups in total. The van der Waals surface area contributed by atoms with Gasteiger partial charge in [-0.1, -0.05) is 13.3 Å². The van der Waals surface area contributed by atoms with Crippen molar-refractivity contribution in [1.29, 1.82) is 0 Å². The summed E-state index contributed by atoms with van der Waals surface area (Å²) in [6.07, 6.45) is 1.09. The maximum Gasteiger partial charge on any atom is 0.121 e. The van der Waals surface area contributed by atoms with Crippen LogP contribution in [-0.4, -0.2) is 32.1 Å². The molecule has 0 radical (unpaired) electrons. The van der Waals surface area contributed by atoms with Crippen LogP contribution >= 0.6 is 0 Å². The molecule has 0 heterocycles. The van der Waals surface area contributed by atoms with E-state index in [1.54, 1.807) is 0 Å².